The lowest BCUT2D eigenvalue weighted by atomic mass is 10.1. The smallest absolute Gasteiger partial charge is 0.137 e. The Bertz CT molecular complexity index is 3530. The van der Waals surface area contributed by atoms with Crippen molar-refractivity contribution in [3.63, 3.8) is 0 Å². The van der Waals surface area contributed by atoms with E-state index in [-0.39, 0.29) is 70.3 Å². The van der Waals surface area contributed by atoms with Crippen molar-refractivity contribution in [2.45, 2.75) is 13.8 Å². The summed E-state index contributed by atoms with van der Waals surface area (Å²) in [5.74, 6) is 2.46. The maximum Gasteiger partial charge on any atom is 0.137 e. The number of para-hydroxylation sites is 2. The molecule has 6 aromatic carbocycles. The zero-order valence-electron chi connectivity index (χ0n) is 38.4. The molecule has 0 aliphatic rings. The van der Waals surface area contributed by atoms with E-state index in [0.29, 0.717) is 11.5 Å². The lowest BCUT2D eigenvalue weighted by Gasteiger charge is -2.11. The molecule has 0 saturated heterocycles. The van der Waals surface area contributed by atoms with Gasteiger partial charge in [-0.15, -0.1) is 0 Å². The van der Waals surface area contributed by atoms with Crippen LogP contribution in [-0.4, -0.2) is 29.1 Å². The van der Waals surface area contributed by atoms with Crippen LogP contribution in [0.2, 0.25) is 0 Å². The molecule has 5 heterocycles. The van der Waals surface area contributed by atoms with Crippen molar-refractivity contribution in [2.75, 3.05) is 0 Å². The molecular weight excluding hydrogens is 741 g/mol. The Morgan fingerprint density at radius 1 is 0.433 bits per heavy atom. The minimum absolute atomic E-state index is 0.0568. The Kier molecular flexibility index (Phi) is 6.99. The van der Waals surface area contributed by atoms with Gasteiger partial charge < -0.3 is 9.47 Å². The fraction of sp³-hybridized carbons (Fsp3) is 0.0385. The van der Waals surface area contributed by atoms with Crippen LogP contribution in [0.15, 0.2) is 182 Å². The predicted octanol–water partition coefficient (Wildman–Crippen LogP) is 13.0. The number of nitrogens with zero attached hydrogens (tertiary/aromatic N) is 6. The zero-order chi connectivity index (χ0) is 45.4. The van der Waals surface area contributed by atoms with Crippen molar-refractivity contribution in [1.29, 1.82) is 0 Å². The van der Waals surface area contributed by atoms with Gasteiger partial charge in [0.05, 0.1) is 54.1 Å². The zero-order valence-corrected chi connectivity index (χ0v) is 32.4. The molecule has 0 fully saturated rings. The van der Waals surface area contributed by atoms with Crippen LogP contribution in [0.3, 0.4) is 0 Å². The average Bonchev–Trinajstić information content (AvgIpc) is 3.84. The second kappa shape index (κ2) is 14.4. The Hall–Kier alpha value is -8.10. The van der Waals surface area contributed by atoms with Crippen molar-refractivity contribution >= 4 is 43.6 Å². The van der Waals surface area contributed by atoms with E-state index in [4.69, 9.17) is 17.7 Å². The van der Waals surface area contributed by atoms with E-state index in [2.05, 4.69) is 41.2 Å². The van der Waals surface area contributed by atoms with Gasteiger partial charge in [-0.1, -0.05) is 60.6 Å². The molecule has 8 heteroatoms. The van der Waals surface area contributed by atoms with E-state index >= 15 is 0 Å². The van der Waals surface area contributed by atoms with E-state index < -0.39 is 0 Å². The van der Waals surface area contributed by atoms with Gasteiger partial charge in [-0.05, 0) is 110 Å². The normalized spacial score (nSPS) is 12.9. The number of benzene rings is 6. The largest absolute Gasteiger partial charge is 0.457 e. The van der Waals surface area contributed by atoms with Crippen molar-refractivity contribution in [3.8, 4) is 57.1 Å². The van der Waals surface area contributed by atoms with E-state index in [1.54, 1.807) is 12.4 Å². The van der Waals surface area contributed by atoms with Gasteiger partial charge in [0, 0.05) is 57.2 Å². The summed E-state index contributed by atoms with van der Waals surface area (Å²) in [5.41, 5.74) is 6.69. The molecule has 0 saturated carbocycles. The SMILES string of the molecule is [2H]c1c(Oc2ccc3c4ccccc4n(-c4cc(C)ccn4)c3c2)cc(-c2cnc(-c3cc(Oc4ccc5c6ccccc6n(-c6cc(C)ccn6)c5c4)c([2H])c([2H])c3[2H])cn2)c([2H])c1[2H]. The highest BCUT2D eigenvalue weighted by Crippen LogP contribution is 2.37. The number of pyridine rings is 2. The maximum absolute atomic E-state index is 8.81. The first kappa shape index (κ1) is 29.2. The van der Waals surface area contributed by atoms with Crippen LogP contribution >= 0.6 is 0 Å². The minimum Gasteiger partial charge on any atom is -0.457 e. The van der Waals surface area contributed by atoms with E-state index in [1.165, 1.54) is 24.5 Å². The van der Waals surface area contributed by atoms with E-state index in [1.807, 2.05) is 111 Å². The monoisotopic (exact) mass is 782 g/mol. The van der Waals surface area contributed by atoms with E-state index in [9.17, 15) is 0 Å². The Balaban J connectivity index is 0.924. The average molecular weight is 783 g/mol. The molecule has 0 unspecified atom stereocenters. The van der Waals surface area contributed by atoms with Crippen LogP contribution in [0.5, 0.6) is 23.0 Å². The van der Waals surface area contributed by atoms with Crippen LogP contribution in [-0.2, 0) is 0 Å². The molecule has 60 heavy (non-hydrogen) atoms. The summed E-state index contributed by atoms with van der Waals surface area (Å²) in [7, 11) is 0. The third kappa shape index (κ3) is 6.27. The number of aryl methyl sites for hydroxylation is 2. The van der Waals surface area contributed by atoms with Crippen LogP contribution in [0.4, 0.5) is 0 Å². The molecule has 0 aliphatic carbocycles. The molecule has 11 rings (SSSR count). The van der Waals surface area contributed by atoms with Gasteiger partial charge in [0.2, 0.25) is 0 Å². The first-order valence-corrected chi connectivity index (χ1v) is 19.3. The Morgan fingerprint density at radius 2 is 0.883 bits per heavy atom. The first-order chi connectivity index (χ1) is 32.0. The van der Waals surface area contributed by atoms with E-state index in [0.717, 1.165) is 66.4 Å². The molecular formula is C52H36N6O2. The summed E-state index contributed by atoms with van der Waals surface area (Å²) in [6, 6.07) is 36.8. The summed E-state index contributed by atoms with van der Waals surface area (Å²) < 4.78 is 69.4. The van der Waals surface area contributed by atoms with Crippen LogP contribution in [0, 0.1) is 13.8 Å². The molecule has 11 aromatic rings. The molecule has 0 radical (unpaired) electrons. The van der Waals surface area contributed by atoms with Crippen LogP contribution < -0.4 is 9.47 Å². The highest BCUT2D eigenvalue weighted by Gasteiger charge is 2.16. The minimum atomic E-state index is -0.346. The topological polar surface area (TPSA) is 79.9 Å². The van der Waals surface area contributed by atoms with Crippen LogP contribution in [0.1, 0.15) is 19.4 Å². The number of ether oxygens (including phenoxy) is 2. The second-order valence-electron chi connectivity index (χ2n) is 14.5. The van der Waals surface area contributed by atoms with Gasteiger partial charge in [0.1, 0.15) is 34.6 Å². The van der Waals surface area contributed by atoms with Crippen molar-refractivity contribution in [2.24, 2.45) is 0 Å². The maximum atomic E-state index is 8.81. The van der Waals surface area contributed by atoms with Gasteiger partial charge >= 0.3 is 0 Å². The third-order valence-electron chi connectivity index (χ3n) is 10.5. The van der Waals surface area contributed by atoms with Crippen LogP contribution in [0.25, 0.3) is 77.8 Å². The quantitative estimate of drug-likeness (QED) is 0.153. The summed E-state index contributed by atoms with van der Waals surface area (Å²) in [6.45, 7) is 4.03. The highest BCUT2D eigenvalue weighted by molar-refractivity contribution is 6.10. The fourth-order valence-corrected chi connectivity index (χ4v) is 7.78. The number of rotatable bonds is 8. The standard InChI is InChI=1S/C52H36N6O2/c1-33-21-23-53-51(25-33)57-47-15-5-3-13-41(47)43-19-17-39(29-49(43)57)59-37-11-7-9-35(27-37)45-31-56-46(32-55-45)36-10-8-12-38(28-36)60-40-18-20-44-42-14-4-6-16-48(42)58(50(44)30-40)52-26-34(2)22-24-54-52/h3-32H,1-2H3/i7D,8D,9D,10D,11D,12D. The first-order valence-electron chi connectivity index (χ1n) is 22.3. The molecule has 8 nitrogen and oxygen atoms in total. The number of fused-ring (bicyclic) bond motifs is 6. The number of hydrogen-bond acceptors (Lipinski definition) is 6. The number of aromatic nitrogens is 6. The lowest BCUT2D eigenvalue weighted by Crippen LogP contribution is -1.97. The molecule has 5 aromatic heterocycles. The fourth-order valence-electron chi connectivity index (χ4n) is 7.78. The Morgan fingerprint density at radius 3 is 1.33 bits per heavy atom. The van der Waals surface area contributed by atoms with Gasteiger partial charge in [-0.25, -0.2) is 9.97 Å². The van der Waals surface area contributed by atoms with Crippen molar-refractivity contribution < 1.29 is 17.7 Å². The molecule has 0 aliphatic heterocycles. The molecule has 0 N–H and O–H groups in total. The summed E-state index contributed by atoms with van der Waals surface area (Å²) in [5, 5.41) is 4.08. The van der Waals surface area contributed by atoms with Gasteiger partial charge in [0.15, 0.2) is 0 Å². The molecule has 286 valence electrons. The summed E-state index contributed by atoms with van der Waals surface area (Å²) >= 11 is 0. The van der Waals surface area contributed by atoms with Gasteiger partial charge in [-0.3, -0.25) is 19.1 Å². The number of hydrogen-bond donors (Lipinski definition) is 0. The summed E-state index contributed by atoms with van der Waals surface area (Å²) in [4.78, 5) is 18.5. The molecule has 0 spiro atoms. The predicted molar refractivity (Wildman–Crippen MR) is 240 cm³/mol. The van der Waals surface area contributed by atoms with Gasteiger partial charge in [0.25, 0.3) is 0 Å². The van der Waals surface area contributed by atoms with Gasteiger partial charge in [-0.2, -0.15) is 0 Å². The second-order valence-corrected chi connectivity index (χ2v) is 14.5. The lowest BCUT2D eigenvalue weighted by molar-refractivity contribution is 0.483. The summed E-state index contributed by atoms with van der Waals surface area (Å²) in [6.07, 6.45) is 6.38. The molecule has 0 bridgehead atoms. The van der Waals surface area contributed by atoms with Crippen molar-refractivity contribution in [1.82, 2.24) is 29.1 Å². The molecule has 0 amide bonds. The Labute approximate surface area is 354 Å². The molecule has 0 atom stereocenters. The third-order valence-corrected chi connectivity index (χ3v) is 10.5. The van der Waals surface area contributed by atoms with Crippen molar-refractivity contribution in [3.05, 3.63) is 193 Å². The highest BCUT2D eigenvalue weighted by atomic mass is 16.5.